The van der Waals surface area contributed by atoms with Gasteiger partial charge in [0.15, 0.2) is 14.6 Å². The number of esters is 2. The first-order chi connectivity index (χ1) is 13.2. The van der Waals surface area contributed by atoms with Crippen molar-refractivity contribution in [3.8, 4) is 0 Å². The molecule has 1 N–H and O–H groups in total. The molecule has 8 heteroatoms. The Morgan fingerprint density at radius 2 is 1.37 bits per heavy atom. The molecule has 0 bridgehead atoms. The number of carbonyl (C=O) groups is 2. The van der Waals surface area contributed by atoms with Crippen molar-refractivity contribution in [2.45, 2.75) is 108 Å². The van der Waals surface area contributed by atoms with Crippen LogP contribution in [0.1, 0.15) is 82.1 Å². The van der Waals surface area contributed by atoms with Crippen LogP contribution < -0.4 is 5.32 Å². The van der Waals surface area contributed by atoms with Gasteiger partial charge in [-0.15, -0.1) is 0 Å². The van der Waals surface area contributed by atoms with Crippen molar-refractivity contribution < 1.29 is 27.5 Å². The monoisotopic (exact) mass is 445 g/mol. The molecule has 1 aliphatic heterocycles. The van der Waals surface area contributed by atoms with Crippen LogP contribution in [0.25, 0.3) is 0 Å². The van der Waals surface area contributed by atoms with E-state index in [0.29, 0.717) is 6.54 Å². The first-order valence-electron chi connectivity index (χ1n) is 10.6. The Kier molecular flexibility index (Phi) is 6.02. The van der Waals surface area contributed by atoms with Crippen molar-refractivity contribution in [1.82, 2.24) is 5.32 Å². The number of sulfone groups is 1. The second-order valence-corrected chi connectivity index (χ2v) is 14.7. The normalized spacial score (nSPS) is 26.2. The lowest BCUT2D eigenvalue weighted by Crippen LogP contribution is -2.55. The van der Waals surface area contributed by atoms with E-state index in [-0.39, 0.29) is 12.8 Å². The largest absolute Gasteiger partial charge is 0.460 e. The highest BCUT2D eigenvalue weighted by atomic mass is 32.2. The smallest absolute Gasteiger partial charge is 0.328 e. The van der Waals surface area contributed by atoms with E-state index in [2.05, 4.69) is 5.32 Å². The Hall–Kier alpha value is -1.15. The van der Waals surface area contributed by atoms with Crippen LogP contribution in [0.2, 0.25) is 0 Å². The molecule has 2 fully saturated rings. The highest BCUT2D eigenvalue weighted by molar-refractivity contribution is 7.95. The highest BCUT2D eigenvalue weighted by Gasteiger charge is 2.69. The number of hydrogen-bond acceptors (Lipinski definition) is 7. The summed E-state index contributed by atoms with van der Waals surface area (Å²) in [4.78, 5) is 26.0. The zero-order valence-electron chi connectivity index (χ0n) is 20.1. The molecule has 0 aromatic carbocycles. The van der Waals surface area contributed by atoms with E-state index in [4.69, 9.17) is 9.47 Å². The average Bonchev–Trinajstić information content (AvgIpc) is 3.23. The van der Waals surface area contributed by atoms with E-state index in [0.717, 1.165) is 0 Å². The van der Waals surface area contributed by atoms with E-state index < -0.39 is 59.8 Å². The highest BCUT2D eigenvalue weighted by Crippen LogP contribution is 2.54. The molecule has 2 aliphatic rings. The van der Waals surface area contributed by atoms with Gasteiger partial charge in [0.2, 0.25) is 0 Å². The molecule has 0 aromatic heterocycles. The number of ether oxygens (including phenoxy) is 2. The number of rotatable bonds is 5. The summed E-state index contributed by atoms with van der Waals surface area (Å²) in [6.45, 7) is 17.9. The fraction of sp³-hybridized carbons (Fsp3) is 0.909. The van der Waals surface area contributed by atoms with Crippen molar-refractivity contribution in [2.24, 2.45) is 11.8 Å². The maximum absolute atomic E-state index is 13.8. The standard InChI is InChI=1S/C22H39NO6S/c1-18(2,3)28-16(24)15-14(13-23-20(15,7)8)21(9,10)30(26,27)22(11-12-22)17(25)29-19(4,5)6/h14-15,23H,11-13H2,1-10H3/t14?,15-/m0/s1. The molecule has 0 amide bonds. The van der Waals surface area contributed by atoms with Crippen LogP contribution in [0.15, 0.2) is 0 Å². The zero-order valence-corrected chi connectivity index (χ0v) is 21.0. The lowest BCUT2D eigenvalue weighted by Gasteiger charge is -2.39. The molecule has 0 radical (unpaired) electrons. The quantitative estimate of drug-likeness (QED) is 0.650. The second kappa shape index (κ2) is 7.19. The van der Waals surface area contributed by atoms with Crippen LogP contribution in [-0.4, -0.2) is 53.1 Å². The summed E-state index contributed by atoms with van der Waals surface area (Å²) in [6.07, 6.45) is 0.489. The predicted molar refractivity (Wildman–Crippen MR) is 116 cm³/mol. The third kappa shape index (κ3) is 4.40. The molecule has 1 aliphatic carbocycles. The zero-order chi connectivity index (χ0) is 23.6. The molecular formula is C22H39NO6S. The van der Waals surface area contributed by atoms with Gasteiger partial charge in [-0.2, -0.15) is 0 Å². The Balaban J connectivity index is 2.43. The molecule has 1 saturated heterocycles. The van der Waals surface area contributed by atoms with Crippen LogP contribution in [0.5, 0.6) is 0 Å². The van der Waals surface area contributed by atoms with Gasteiger partial charge in [0.05, 0.1) is 10.7 Å². The van der Waals surface area contributed by atoms with Gasteiger partial charge in [-0.25, -0.2) is 8.42 Å². The average molecular weight is 446 g/mol. The predicted octanol–water partition coefficient (Wildman–Crippen LogP) is 3.01. The van der Waals surface area contributed by atoms with E-state index in [1.54, 1.807) is 55.4 Å². The van der Waals surface area contributed by atoms with Gasteiger partial charge in [-0.3, -0.25) is 9.59 Å². The van der Waals surface area contributed by atoms with E-state index >= 15 is 0 Å². The molecule has 0 aromatic rings. The minimum Gasteiger partial charge on any atom is -0.460 e. The Labute approximate surface area is 181 Å². The molecule has 30 heavy (non-hydrogen) atoms. The fourth-order valence-corrected chi connectivity index (χ4v) is 6.87. The SMILES string of the molecule is CC(C)(C)OC(=O)[C@@H]1C(C(C)(C)S(=O)(=O)C2(C(=O)OC(C)(C)C)CC2)CNC1(C)C. The molecule has 0 spiro atoms. The molecule has 1 saturated carbocycles. The van der Waals surface area contributed by atoms with Gasteiger partial charge in [0, 0.05) is 18.0 Å². The summed E-state index contributed by atoms with van der Waals surface area (Å²) in [5, 5.41) is 3.30. The van der Waals surface area contributed by atoms with Gasteiger partial charge < -0.3 is 14.8 Å². The Morgan fingerprint density at radius 1 is 0.900 bits per heavy atom. The van der Waals surface area contributed by atoms with Crippen LogP contribution in [-0.2, 0) is 28.9 Å². The number of hydrogen-bond donors (Lipinski definition) is 1. The number of carbonyl (C=O) groups excluding carboxylic acids is 2. The fourth-order valence-electron chi connectivity index (χ4n) is 4.35. The summed E-state index contributed by atoms with van der Waals surface area (Å²) in [7, 11) is -3.96. The molecule has 2 rings (SSSR count). The van der Waals surface area contributed by atoms with E-state index in [1.807, 2.05) is 13.8 Å². The van der Waals surface area contributed by atoms with Crippen LogP contribution in [0, 0.1) is 11.8 Å². The minimum absolute atomic E-state index is 0.244. The molecule has 2 atom stereocenters. The van der Waals surface area contributed by atoms with Crippen LogP contribution in [0.4, 0.5) is 0 Å². The topological polar surface area (TPSA) is 98.8 Å². The van der Waals surface area contributed by atoms with Crippen molar-refractivity contribution in [3.63, 3.8) is 0 Å². The molecule has 174 valence electrons. The summed E-state index contributed by atoms with van der Waals surface area (Å²) in [5.41, 5.74) is -2.09. The summed E-state index contributed by atoms with van der Waals surface area (Å²) in [6, 6.07) is 0. The van der Waals surface area contributed by atoms with E-state index in [9.17, 15) is 18.0 Å². The molecule has 7 nitrogen and oxygen atoms in total. The summed E-state index contributed by atoms with van der Waals surface area (Å²) < 4.78 is 35.9. The first kappa shape index (κ1) is 25.1. The molecule has 1 heterocycles. The lowest BCUT2D eigenvalue weighted by molar-refractivity contribution is -0.163. The Bertz CT molecular complexity index is 810. The van der Waals surface area contributed by atoms with Crippen molar-refractivity contribution in [3.05, 3.63) is 0 Å². The van der Waals surface area contributed by atoms with Crippen molar-refractivity contribution in [1.29, 1.82) is 0 Å². The van der Waals surface area contributed by atoms with Gasteiger partial charge in [0.25, 0.3) is 0 Å². The number of nitrogens with one attached hydrogen (secondary N) is 1. The minimum atomic E-state index is -3.96. The van der Waals surface area contributed by atoms with Gasteiger partial charge in [0.1, 0.15) is 11.2 Å². The first-order valence-corrected chi connectivity index (χ1v) is 12.1. The molecule has 1 unspecified atom stereocenters. The summed E-state index contributed by atoms with van der Waals surface area (Å²) >= 11 is 0. The maximum Gasteiger partial charge on any atom is 0.328 e. The lowest BCUT2D eigenvalue weighted by atomic mass is 9.77. The summed E-state index contributed by atoms with van der Waals surface area (Å²) in [5.74, 6) is -2.34. The van der Waals surface area contributed by atoms with Gasteiger partial charge >= 0.3 is 11.9 Å². The van der Waals surface area contributed by atoms with Crippen LogP contribution >= 0.6 is 0 Å². The molecular weight excluding hydrogens is 406 g/mol. The van der Waals surface area contributed by atoms with Gasteiger partial charge in [-0.1, -0.05) is 0 Å². The third-order valence-corrected chi connectivity index (χ3v) is 9.48. The van der Waals surface area contributed by atoms with Crippen molar-refractivity contribution in [2.75, 3.05) is 6.54 Å². The Morgan fingerprint density at radius 3 is 1.77 bits per heavy atom. The third-order valence-electron chi connectivity index (χ3n) is 6.19. The van der Waals surface area contributed by atoms with Crippen molar-refractivity contribution >= 4 is 21.8 Å². The van der Waals surface area contributed by atoms with E-state index in [1.165, 1.54) is 0 Å². The maximum atomic E-state index is 13.8. The van der Waals surface area contributed by atoms with Crippen LogP contribution in [0.3, 0.4) is 0 Å². The van der Waals surface area contributed by atoms with Gasteiger partial charge in [-0.05, 0) is 82.1 Å². The second-order valence-electron chi connectivity index (χ2n) is 11.8.